The molecule has 0 fully saturated rings. The molecule has 184 valence electrons. The summed E-state index contributed by atoms with van der Waals surface area (Å²) in [4.78, 5) is 26.2. The second kappa shape index (κ2) is 10.00. The Kier molecular flexibility index (Phi) is 7.28. The zero-order valence-corrected chi connectivity index (χ0v) is 18.6. The average Bonchev–Trinajstić information content (AvgIpc) is 3.03. The van der Waals surface area contributed by atoms with Gasteiger partial charge in [0.1, 0.15) is 11.4 Å². The number of anilines is 1. The maximum absolute atomic E-state index is 14.3. The third-order valence-corrected chi connectivity index (χ3v) is 4.94. The molecule has 6 nitrogen and oxygen atoms in total. The first-order chi connectivity index (χ1) is 16.5. The highest BCUT2D eigenvalue weighted by Crippen LogP contribution is 2.39. The lowest BCUT2D eigenvalue weighted by Gasteiger charge is -2.25. The number of allylic oxidation sites excluding steroid dienone is 2. The number of halogens is 5. The molecule has 0 saturated heterocycles. The minimum Gasteiger partial charge on any atom is -0.465 e. The summed E-state index contributed by atoms with van der Waals surface area (Å²) in [6.07, 6.45) is 0.831. The van der Waals surface area contributed by atoms with E-state index in [0.717, 1.165) is 14.2 Å². The fourth-order valence-corrected chi connectivity index (χ4v) is 3.26. The van der Waals surface area contributed by atoms with Crippen molar-refractivity contribution in [3.63, 3.8) is 0 Å². The van der Waals surface area contributed by atoms with Crippen LogP contribution in [0.1, 0.15) is 11.1 Å². The van der Waals surface area contributed by atoms with E-state index in [4.69, 9.17) is 14.2 Å². The molecule has 3 rings (SSSR count). The molecule has 11 heteroatoms. The highest BCUT2D eigenvalue weighted by molar-refractivity contribution is 6.05. The van der Waals surface area contributed by atoms with Gasteiger partial charge in [0.25, 0.3) is 0 Å². The Morgan fingerprint density at radius 3 is 2.14 bits per heavy atom. The standard InChI is InChI=1S/C24H18F5NO5/c1-13-18(30-10-5-4-7-15(22(31)33-2)20(30)23(32)34-3)8-6-9-19(13)35-21-16(25)11-14(12-17(21)26)24(27,28)29/h4-12H,1-3H3. The monoisotopic (exact) mass is 495 g/mol. The van der Waals surface area contributed by atoms with Crippen LogP contribution in [0.15, 0.2) is 66.0 Å². The Bertz CT molecular complexity index is 1240. The van der Waals surface area contributed by atoms with E-state index in [9.17, 15) is 31.5 Å². The summed E-state index contributed by atoms with van der Waals surface area (Å²) in [5.74, 6) is -5.96. The fourth-order valence-electron chi connectivity index (χ4n) is 3.26. The zero-order valence-electron chi connectivity index (χ0n) is 18.6. The van der Waals surface area contributed by atoms with Crippen molar-refractivity contribution in [2.75, 3.05) is 19.1 Å². The van der Waals surface area contributed by atoms with E-state index in [0.29, 0.717) is 0 Å². The van der Waals surface area contributed by atoms with Crippen LogP contribution >= 0.6 is 0 Å². The van der Waals surface area contributed by atoms with Gasteiger partial charge in [-0.2, -0.15) is 13.2 Å². The smallest absolute Gasteiger partial charge is 0.416 e. The molecule has 1 heterocycles. The van der Waals surface area contributed by atoms with Gasteiger partial charge in [-0.15, -0.1) is 0 Å². The summed E-state index contributed by atoms with van der Waals surface area (Å²) in [6.45, 7) is 1.49. The number of hydrogen-bond acceptors (Lipinski definition) is 6. The third-order valence-electron chi connectivity index (χ3n) is 4.94. The molecule has 0 amide bonds. The van der Waals surface area contributed by atoms with Gasteiger partial charge in [0.05, 0.1) is 31.0 Å². The number of nitrogens with zero attached hydrogens (tertiary/aromatic N) is 1. The summed E-state index contributed by atoms with van der Waals surface area (Å²) in [6, 6.07) is 4.53. The van der Waals surface area contributed by atoms with E-state index in [1.807, 2.05) is 0 Å². The molecule has 2 aromatic rings. The first-order valence-electron chi connectivity index (χ1n) is 9.88. The minimum atomic E-state index is -4.95. The second-order valence-electron chi connectivity index (χ2n) is 7.09. The normalized spacial score (nSPS) is 13.5. The SMILES string of the molecule is COC(=O)C1=C(C(=O)OC)N(c2cccc(Oc3c(F)cc(C(F)(F)F)cc3F)c2C)C=CC=C1. The quantitative estimate of drug-likeness (QED) is 0.399. The number of ether oxygens (including phenoxy) is 3. The van der Waals surface area contributed by atoms with Gasteiger partial charge in [0, 0.05) is 11.8 Å². The molecule has 2 aromatic carbocycles. The predicted molar refractivity (Wildman–Crippen MR) is 114 cm³/mol. The summed E-state index contributed by atoms with van der Waals surface area (Å²) in [7, 11) is 2.25. The number of carbonyl (C=O) groups is 2. The largest absolute Gasteiger partial charge is 0.465 e. The molecule has 0 aliphatic carbocycles. The molecule has 1 aliphatic rings. The Hall–Kier alpha value is -4.15. The zero-order chi connectivity index (χ0) is 25.9. The first kappa shape index (κ1) is 25.5. The van der Waals surface area contributed by atoms with Gasteiger partial charge in [0.2, 0.25) is 0 Å². The number of carbonyl (C=O) groups excluding carboxylic acids is 2. The van der Waals surface area contributed by atoms with E-state index in [2.05, 4.69) is 0 Å². The van der Waals surface area contributed by atoms with Gasteiger partial charge in [-0.25, -0.2) is 18.4 Å². The maximum atomic E-state index is 14.3. The Balaban J connectivity index is 2.11. The third kappa shape index (κ3) is 5.18. The number of esters is 2. The van der Waals surface area contributed by atoms with Crippen LogP contribution in [0.4, 0.5) is 27.6 Å². The molecule has 0 atom stereocenters. The number of methoxy groups -OCH3 is 2. The molecule has 0 unspecified atom stereocenters. The lowest BCUT2D eigenvalue weighted by molar-refractivity contribution is -0.139. The van der Waals surface area contributed by atoms with Gasteiger partial charge in [-0.05, 0) is 43.3 Å². The van der Waals surface area contributed by atoms with Crippen LogP contribution in [-0.4, -0.2) is 26.2 Å². The van der Waals surface area contributed by atoms with E-state index < -0.39 is 41.1 Å². The molecule has 0 radical (unpaired) electrons. The van der Waals surface area contributed by atoms with Crippen LogP contribution in [0.3, 0.4) is 0 Å². The van der Waals surface area contributed by atoms with Crippen LogP contribution < -0.4 is 9.64 Å². The van der Waals surface area contributed by atoms with Crippen LogP contribution in [0, 0.1) is 18.6 Å². The number of alkyl halides is 3. The van der Waals surface area contributed by atoms with Gasteiger partial charge in [-0.3, -0.25) is 0 Å². The van der Waals surface area contributed by atoms with Crippen molar-refractivity contribution in [1.82, 2.24) is 0 Å². The Labute approximate surface area is 196 Å². The van der Waals surface area contributed by atoms with Gasteiger partial charge < -0.3 is 19.1 Å². The van der Waals surface area contributed by atoms with Crippen molar-refractivity contribution in [2.24, 2.45) is 0 Å². The maximum Gasteiger partial charge on any atom is 0.416 e. The molecule has 0 N–H and O–H groups in total. The lowest BCUT2D eigenvalue weighted by atomic mass is 10.1. The van der Waals surface area contributed by atoms with E-state index >= 15 is 0 Å². The molecule has 0 saturated carbocycles. The summed E-state index contributed by atoms with van der Waals surface area (Å²) < 4.78 is 82.1. The lowest BCUT2D eigenvalue weighted by Crippen LogP contribution is -2.27. The molecule has 0 spiro atoms. The second-order valence-corrected chi connectivity index (χ2v) is 7.09. The average molecular weight is 495 g/mol. The van der Waals surface area contributed by atoms with Crippen molar-refractivity contribution in [3.05, 3.63) is 88.8 Å². The minimum absolute atomic E-state index is 0.116. The molecule has 35 heavy (non-hydrogen) atoms. The van der Waals surface area contributed by atoms with Crippen molar-refractivity contribution < 1.29 is 45.8 Å². The Morgan fingerprint density at radius 2 is 1.57 bits per heavy atom. The molecular formula is C24H18F5NO5. The van der Waals surface area contributed by atoms with Gasteiger partial charge in [0.15, 0.2) is 17.4 Å². The highest BCUT2D eigenvalue weighted by atomic mass is 19.4. The Morgan fingerprint density at radius 1 is 0.943 bits per heavy atom. The molecule has 0 bridgehead atoms. The van der Waals surface area contributed by atoms with Crippen LogP contribution in [0.5, 0.6) is 11.5 Å². The number of rotatable bonds is 5. The van der Waals surface area contributed by atoms with E-state index in [1.165, 1.54) is 54.5 Å². The van der Waals surface area contributed by atoms with E-state index in [-0.39, 0.29) is 40.4 Å². The van der Waals surface area contributed by atoms with Gasteiger partial charge in [-0.1, -0.05) is 12.1 Å². The van der Waals surface area contributed by atoms with Crippen molar-refractivity contribution >= 4 is 17.6 Å². The van der Waals surface area contributed by atoms with Crippen molar-refractivity contribution in [1.29, 1.82) is 0 Å². The van der Waals surface area contributed by atoms with Crippen LogP contribution in [0.2, 0.25) is 0 Å². The fraction of sp³-hybridized carbons (Fsp3) is 0.167. The molecular weight excluding hydrogens is 477 g/mol. The number of hydrogen-bond donors (Lipinski definition) is 0. The number of benzene rings is 2. The molecule has 1 aliphatic heterocycles. The topological polar surface area (TPSA) is 65.1 Å². The van der Waals surface area contributed by atoms with Gasteiger partial charge >= 0.3 is 18.1 Å². The summed E-state index contributed by atoms with van der Waals surface area (Å²) in [5.41, 5.74) is -1.36. The summed E-state index contributed by atoms with van der Waals surface area (Å²) >= 11 is 0. The van der Waals surface area contributed by atoms with E-state index in [1.54, 1.807) is 0 Å². The first-order valence-corrected chi connectivity index (χ1v) is 9.88. The predicted octanol–water partition coefficient (Wildman–Crippen LogP) is 5.57. The van der Waals surface area contributed by atoms with Crippen molar-refractivity contribution in [2.45, 2.75) is 13.1 Å². The van der Waals surface area contributed by atoms with Crippen LogP contribution in [-0.2, 0) is 25.2 Å². The summed E-state index contributed by atoms with van der Waals surface area (Å²) in [5, 5.41) is 0. The van der Waals surface area contributed by atoms with Crippen LogP contribution in [0.25, 0.3) is 0 Å². The molecule has 0 aromatic heterocycles. The van der Waals surface area contributed by atoms with Crippen molar-refractivity contribution in [3.8, 4) is 11.5 Å². The highest BCUT2D eigenvalue weighted by Gasteiger charge is 2.33.